The number of carbonyl (C=O) groups is 2. The quantitative estimate of drug-likeness (QED) is 0.477. The van der Waals surface area contributed by atoms with Gasteiger partial charge in [0.25, 0.3) is 11.6 Å². The van der Waals surface area contributed by atoms with Gasteiger partial charge in [-0.3, -0.25) is 19.7 Å². The number of nitrogens with zero attached hydrogens (tertiary/aromatic N) is 2. The minimum absolute atomic E-state index is 0.0782. The number of nitrogen functional groups attached to an aromatic ring is 1. The summed E-state index contributed by atoms with van der Waals surface area (Å²) in [4.78, 5) is 36.5. The Hall–Kier alpha value is -3.42. The molecule has 2 aromatic rings. The van der Waals surface area contributed by atoms with Gasteiger partial charge in [0.15, 0.2) is 0 Å². The van der Waals surface area contributed by atoms with Crippen LogP contribution in [0.15, 0.2) is 42.5 Å². The second-order valence-corrected chi connectivity index (χ2v) is 6.30. The molecule has 0 atom stereocenters. The number of non-ortho nitro benzene ring substituents is 1. The van der Waals surface area contributed by atoms with Crippen molar-refractivity contribution in [3.8, 4) is 0 Å². The van der Waals surface area contributed by atoms with Crippen LogP contribution in [-0.2, 0) is 11.2 Å². The van der Waals surface area contributed by atoms with Crippen LogP contribution in [0.5, 0.6) is 0 Å². The van der Waals surface area contributed by atoms with E-state index >= 15 is 0 Å². The van der Waals surface area contributed by atoms with Gasteiger partial charge in [-0.2, -0.15) is 0 Å². The van der Waals surface area contributed by atoms with Gasteiger partial charge < -0.3 is 16.0 Å². The number of hydrogen-bond donors (Lipinski definition) is 2. The summed E-state index contributed by atoms with van der Waals surface area (Å²) in [6.45, 7) is 0.814. The summed E-state index contributed by atoms with van der Waals surface area (Å²) in [5.41, 5.74) is 8.76. The third-order valence-corrected chi connectivity index (χ3v) is 4.55. The average molecular weight is 368 g/mol. The van der Waals surface area contributed by atoms with Gasteiger partial charge in [0.05, 0.1) is 4.92 Å². The molecule has 0 aliphatic carbocycles. The average Bonchev–Trinajstić information content (AvgIpc) is 2.67. The first-order valence-electron chi connectivity index (χ1n) is 8.68. The van der Waals surface area contributed by atoms with E-state index in [0.29, 0.717) is 17.8 Å². The smallest absolute Gasteiger partial charge is 0.269 e. The van der Waals surface area contributed by atoms with Crippen molar-refractivity contribution in [2.24, 2.45) is 0 Å². The van der Waals surface area contributed by atoms with Gasteiger partial charge in [-0.25, -0.2) is 0 Å². The van der Waals surface area contributed by atoms with Crippen molar-refractivity contribution in [3.63, 3.8) is 0 Å². The van der Waals surface area contributed by atoms with Crippen molar-refractivity contribution in [2.75, 3.05) is 23.7 Å². The Morgan fingerprint density at radius 3 is 2.63 bits per heavy atom. The van der Waals surface area contributed by atoms with Gasteiger partial charge in [-0.05, 0) is 42.7 Å². The van der Waals surface area contributed by atoms with Crippen LogP contribution in [0.1, 0.15) is 28.8 Å². The fourth-order valence-electron chi connectivity index (χ4n) is 3.17. The van der Waals surface area contributed by atoms with E-state index < -0.39 is 4.92 Å². The molecule has 1 aliphatic heterocycles. The topological polar surface area (TPSA) is 119 Å². The molecular formula is C19H20N4O4. The first-order valence-corrected chi connectivity index (χ1v) is 8.68. The fourth-order valence-corrected chi connectivity index (χ4v) is 3.17. The molecule has 0 unspecified atom stereocenters. The van der Waals surface area contributed by atoms with Crippen LogP contribution in [0.3, 0.4) is 0 Å². The predicted molar refractivity (Wildman–Crippen MR) is 102 cm³/mol. The summed E-state index contributed by atoms with van der Waals surface area (Å²) in [5.74, 6) is -0.452. The van der Waals surface area contributed by atoms with Gasteiger partial charge in [0.1, 0.15) is 0 Å². The van der Waals surface area contributed by atoms with Gasteiger partial charge >= 0.3 is 0 Å². The summed E-state index contributed by atoms with van der Waals surface area (Å²) < 4.78 is 0. The molecule has 0 aromatic heterocycles. The Kier molecular flexibility index (Phi) is 5.35. The maximum absolute atomic E-state index is 12.6. The Balaban J connectivity index is 1.57. The SMILES string of the molecule is Nc1cccc2c1CCCN2C(=O)CCNC(=O)c1ccc([N+](=O)[O-])cc1. The third kappa shape index (κ3) is 4.05. The molecule has 2 amide bonds. The Bertz CT molecular complexity index is 880. The van der Waals surface area contributed by atoms with Crippen LogP contribution in [0.2, 0.25) is 0 Å². The van der Waals surface area contributed by atoms with Gasteiger partial charge in [-0.15, -0.1) is 0 Å². The van der Waals surface area contributed by atoms with Crippen molar-refractivity contribution < 1.29 is 14.5 Å². The normalized spacial score (nSPS) is 13.0. The number of hydrogen-bond acceptors (Lipinski definition) is 5. The second kappa shape index (κ2) is 7.86. The number of carbonyl (C=O) groups excluding carboxylic acids is 2. The molecule has 0 saturated heterocycles. The number of anilines is 2. The van der Waals surface area contributed by atoms with E-state index in [9.17, 15) is 19.7 Å². The summed E-state index contributed by atoms with van der Waals surface area (Å²) in [6, 6.07) is 10.9. The molecule has 3 rings (SSSR count). The highest BCUT2D eigenvalue weighted by molar-refractivity contribution is 5.97. The third-order valence-electron chi connectivity index (χ3n) is 4.55. The first-order chi connectivity index (χ1) is 13.0. The van der Waals surface area contributed by atoms with E-state index in [4.69, 9.17) is 5.73 Å². The molecule has 140 valence electrons. The number of benzene rings is 2. The number of nitro groups is 1. The lowest BCUT2D eigenvalue weighted by atomic mass is 9.99. The van der Waals surface area contributed by atoms with Gasteiger partial charge in [-0.1, -0.05) is 6.07 Å². The maximum Gasteiger partial charge on any atom is 0.269 e. The first kappa shape index (κ1) is 18.4. The zero-order valence-electron chi connectivity index (χ0n) is 14.7. The molecule has 0 radical (unpaired) electrons. The molecule has 3 N–H and O–H groups in total. The minimum atomic E-state index is -0.524. The van der Waals surface area contributed by atoms with E-state index in [1.165, 1.54) is 24.3 Å². The van der Waals surface area contributed by atoms with E-state index in [1.807, 2.05) is 18.2 Å². The number of rotatable bonds is 5. The molecule has 8 nitrogen and oxygen atoms in total. The van der Waals surface area contributed by atoms with Gasteiger partial charge in [0.2, 0.25) is 5.91 Å². The highest BCUT2D eigenvalue weighted by Crippen LogP contribution is 2.31. The molecule has 0 fully saturated rings. The zero-order chi connectivity index (χ0) is 19.4. The van der Waals surface area contributed by atoms with Crippen LogP contribution < -0.4 is 16.0 Å². The largest absolute Gasteiger partial charge is 0.398 e. The summed E-state index contributed by atoms with van der Waals surface area (Å²) >= 11 is 0. The van der Waals surface area contributed by atoms with Crippen molar-refractivity contribution in [2.45, 2.75) is 19.3 Å². The fraction of sp³-hybridized carbons (Fsp3) is 0.263. The highest BCUT2D eigenvalue weighted by Gasteiger charge is 2.23. The summed E-state index contributed by atoms with van der Waals surface area (Å²) in [6.07, 6.45) is 1.86. The summed E-state index contributed by atoms with van der Waals surface area (Å²) in [5, 5.41) is 13.3. The molecule has 8 heteroatoms. The molecule has 0 bridgehead atoms. The Morgan fingerprint density at radius 1 is 1.19 bits per heavy atom. The zero-order valence-corrected chi connectivity index (χ0v) is 14.7. The lowest BCUT2D eigenvalue weighted by Gasteiger charge is -2.30. The second-order valence-electron chi connectivity index (χ2n) is 6.30. The molecule has 1 heterocycles. The van der Waals surface area contributed by atoms with Crippen molar-refractivity contribution >= 4 is 28.9 Å². The Morgan fingerprint density at radius 2 is 1.93 bits per heavy atom. The predicted octanol–water partition coefficient (Wildman–Crippen LogP) is 2.28. The highest BCUT2D eigenvalue weighted by atomic mass is 16.6. The van der Waals surface area contributed by atoms with E-state index in [-0.39, 0.29) is 30.5 Å². The molecular weight excluding hydrogens is 348 g/mol. The van der Waals surface area contributed by atoms with Crippen LogP contribution in [0, 0.1) is 10.1 Å². The van der Waals surface area contributed by atoms with Crippen LogP contribution in [0.25, 0.3) is 0 Å². The van der Waals surface area contributed by atoms with Crippen molar-refractivity contribution in [1.82, 2.24) is 5.32 Å². The van der Waals surface area contributed by atoms with E-state index in [0.717, 1.165) is 24.1 Å². The minimum Gasteiger partial charge on any atom is -0.398 e. The summed E-state index contributed by atoms with van der Waals surface area (Å²) in [7, 11) is 0. The molecule has 0 saturated carbocycles. The van der Waals surface area contributed by atoms with Crippen molar-refractivity contribution in [1.29, 1.82) is 0 Å². The Labute approximate surface area is 156 Å². The number of nitro benzene ring substituents is 1. The van der Waals surface area contributed by atoms with Crippen LogP contribution in [0.4, 0.5) is 17.1 Å². The van der Waals surface area contributed by atoms with Crippen molar-refractivity contribution in [3.05, 3.63) is 63.7 Å². The molecule has 1 aliphatic rings. The van der Waals surface area contributed by atoms with E-state index in [1.54, 1.807) is 4.90 Å². The number of fused-ring (bicyclic) bond motifs is 1. The monoisotopic (exact) mass is 368 g/mol. The molecule has 2 aromatic carbocycles. The lowest BCUT2D eigenvalue weighted by molar-refractivity contribution is -0.384. The number of nitrogens with two attached hydrogens (primary N) is 1. The number of amides is 2. The van der Waals surface area contributed by atoms with Gasteiger partial charge in [0, 0.05) is 48.6 Å². The maximum atomic E-state index is 12.6. The van der Waals surface area contributed by atoms with Crippen LogP contribution >= 0.6 is 0 Å². The van der Waals surface area contributed by atoms with E-state index in [2.05, 4.69) is 5.32 Å². The number of nitrogens with one attached hydrogen (secondary N) is 1. The molecule has 0 spiro atoms. The molecule has 27 heavy (non-hydrogen) atoms. The van der Waals surface area contributed by atoms with Crippen LogP contribution in [-0.4, -0.2) is 29.8 Å². The standard InChI is InChI=1S/C19H20N4O4/c20-16-4-1-5-17-15(16)3-2-12-22(17)18(24)10-11-21-19(25)13-6-8-14(9-7-13)23(26)27/h1,4-9H,2-3,10-12,20H2,(H,21,25). The lowest BCUT2D eigenvalue weighted by Crippen LogP contribution is -2.38.